The van der Waals surface area contributed by atoms with Gasteiger partial charge in [-0.2, -0.15) is 0 Å². The lowest BCUT2D eigenvalue weighted by molar-refractivity contribution is -0.138. The van der Waals surface area contributed by atoms with Gasteiger partial charge in [-0.1, -0.05) is 6.07 Å². The minimum Gasteiger partial charge on any atom is -0.378 e. The van der Waals surface area contributed by atoms with Crippen LogP contribution >= 0.6 is 11.3 Å². The number of thiophene rings is 1. The van der Waals surface area contributed by atoms with E-state index in [0.29, 0.717) is 24.9 Å². The van der Waals surface area contributed by atoms with Crippen LogP contribution in [0.5, 0.6) is 0 Å². The van der Waals surface area contributed by atoms with Crippen LogP contribution in [0, 0.1) is 0 Å². The Kier molecular flexibility index (Phi) is 5.87. The summed E-state index contributed by atoms with van der Waals surface area (Å²) >= 11 is 1.54. The first-order valence-electron chi connectivity index (χ1n) is 9.99. The lowest BCUT2D eigenvalue weighted by atomic mass is 10.1. The number of hydrogen-bond donors (Lipinski definition) is 1. The molecule has 3 unspecified atom stereocenters. The van der Waals surface area contributed by atoms with Crippen LogP contribution in [0.4, 0.5) is 5.69 Å². The topological polar surface area (TPSA) is 79.0 Å². The molecule has 8 heteroatoms. The van der Waals surface area contributed by atoms with E-state index in [1.54, 1.807) is 28.4 Å². The Labute approximate surface area is 179 Å². The third-order valence-electron chi connectivity index (χ3n) is 5.63. The van der Waals surface area contributed by atoms with Gasteiger partial charge in [0.05, 0.1) is 6.10 Å². The number of benzene rings is 1. The number of fused-ring (bicyclic) bond motifs is 1. The van der Waals surface area contributed by atoms with Crippen LogP contribution in [0.25, 0.3) is 0 Å². The Balaban J connectivity index is 1.53. The molecule has 30 heavy (non-hydrogen) atoms. The summed E-state index contributed by atoms with van der Waals surface area (Å²) in [5.74, 6) is -0.598. The van der Waals surface area contributed by atoms with Crippen LogP contribution in [0.3, 0.4) is 0 Å². The van der Waals surface area contributed by atoms with Gasteiger partial charge in [0.25, 0.3) is 5.91 Å². The van der Waals surface area contributed by atoms with Gasteiger partial charge in [-0.25, -0.2) is 0 Å². The molecule has 2 aromatic rings. The van der Waals surface area contributed by atoms with Crippen LogP contribution in [0.1, 0.15) is 21.7 Å². The van der Waals surface area contributed by atoms with Crippen molar-refractivity contribution in [2.75, 3.05) is 32.1 Å². The summed E-state index contributed by atoms with van der Waals surface area (Å²) in [5.41, 5.74) is 1.48. The van der Waals surface area contributed by atoms with Crippen LogP contribution in [0.2, 0.25) is 0 Å². The fourth-order valence-electron chi connectivity index (χ4n) is 4.02. The van der Waals surface area contributed by atoms with Gasteiger partial charge in [0.2, 0.25) is 5.91 Å². The molecule has 4 rings (SSSR count). The molecule has 2 saturated heterocycles. The van der Waals surface area contributed by atoms with Gasteiger partial charge in [0, 0.05) is 43.2 Å². The fourth-order valence-corrected chi connectivity index (χ4v) is 4.78. The van der Waals surface area contributed by atoms with Crippen molar-refractivity contribution in [2.45, 2.75) is 31.0 Å². The molecule has 1 aromatic carbocycles. The standard InChI is InChI=1S/C22H25N3O4S/c1-24(2)15-7-5-14(6-8-15)21(27)23-17(12-16-4-3-11-30-16)22(28)25-10-9-19-20(25)18(26)13-29-19/h3-8,11,17,19-20H,9-10,12-13H2,1-2H3,(H,23,27). The highest BCUT2D eigenvalue weighted by molar-refractivity contribution is 7.09. The lowest BCUT2D eigenvalue weighted by Gasteiger charge is -2.27. The summed E-state index contributed by atoms with van der Waals surface area (Å²) in [6.45, 7) is 0.521. The van der Waals surface area contributed by atoms with Gasteiger partial charge in [-0.15, -0.1) is 11.3 Å². The summed E-state index contributed by atoms with van der Waals surface area (Å²) in [6, 6.07) is 9.82. The van der Waals surface area contributed by atoms with E-state index in [2.05, 4.69) is 5.32 Å². The number of ether oxygens (including phenoxy) is 1. The third-order valence-corrected chi connectivity index (χ3v) is 6.53. The number of Topliss-reactive ketones (excluding diaryl/α,β-unsaturated/α-hetero) is 1. The van der Waals surface area contributed by atoms with Crippen molar-refractivity contribution in [2.24, 2.45) is 0 Å². The zero-order valence-corrected chi connectivity index (χ0v) is 17.9. The molecule has 0 spiro atoms. The summed E-state index contributed by atoms with van der Waals surface area (Å²) < 4.78 is 5.50. The van der Waals surface area contributed by atoms with E-state index >= 15 is 0 Å². The molecule has 2 aliphatic heterocycles. The maximum atomic E-state index is 13.4. The molecule has 2 aliphatic rings. The Morgan fingerprint density at radius 2 is 2.03 bits per heavy atom. The van der Waals surface area contributed by atoms with E-state index < -0.39 is 12.1 Å². The van der Waals surface area contributed by atoms with Crippen LogP contribution in [-0.4, -0.2) is 67.9 Å². The number of likely N-dealkylation sites (tertiary alicyclic amines) is 1. The predicted molar refractivity (Wildman–Crippen MR) is 115 cm³/mol. The molecule has 2 fully saturated rings. The third kappa shape index (κ3) is 4.11. The average Bonchev–Trinajstić information content (AvgIpc) is 3.47. The summed E-state index contributed by atoms with van der Waals surface area (Å²) in [4.78, 5) is 43.0. The summed E-state index contributed by atoms with van der Waals surface area (Å²) in [6.07, 6.45) is 0.813. The SMILES string of the molecule is CN(C)c1ccc(C(=O)NC(Cc2cccs2)C(=O)N2CCC3OCC(=O)C32)cc1. The first-order valence-corrected chi connectivity index (χ1v) is 10.9. The molecule has 1 N–H and O–H groups in total. The summed E-state index contributed by atoms with van der Waals surface area (Å²) in [5, 5.41) is 4.85. The van der Waals surface area contributed by atoms with E-state index in [1.165, 1.54) is 0 Å². The number of carbonyl (C=O) groups excluding carboxylic acids is 3. The van der Waals surface area contributed by atoms with Crippen LogP contribution in [-0.2, 0) is 20.7 Å². The number of carbonyl (C=O) groups is 3. The van der Waals surface area contributed by atoms with Crippen LogP contribution < -0.4 is 10.2 Å². The van der Waals surface area contributed by atoms with Gasteiger partial charge in [-0.3, -0.25) is 14.4 Å². The zero-order valence-electron chi connectivity index (χ0n) is 17.0. The lowest BCUT2D eigenvalue weighted by Crippen LogP contribution is -2.53. The molecule has 3 atom stereocenters. The molecular weight excluding hydrogens is 402 g/mol. The highest BCUT2D eigenvalue weighted by Crippen LogP contribution is 2.28. The zero-order chi connectivity index (χ0) is 21.3. The van der Waals surface area contributed by atoms with Crippen molar-refractivity contribution in [1.82, 2.24) is 10.2 Å². The second kappa shape index (κ2) is 8.57. The number of nitrogens with one attached hydrogen (secondary N) is 1. The molecule has 1 aromatic heterocycles. The molecule has 0 bridgehead atoms. The van der Waals surface area contributed by atoms with Gasteiger partial charge < -0.3 is 19.9 Å². The van der Waals surface area contributed by atoms with E-state index in [9.17, 15) is 14.4 Å². The normalized spacial score (nSPS) is 21.4. The second-order valence-electron chi connectivity index (χ2n) is 7.83. The molecule has 2 amide bonds. The fraction of sp³-hybridized carbons (Fsp3) is 0.409. The molecular formula is C22H25N3O4S. The smallest absolute Gasteiger partial charge is 0.251 e. The van der Waals surface area contributed by atoms with E-state index in [4.69, 9.17) is 4.74 Å². The van der Waals surface area contributed by atoms with Crippen molar-refractivity contribution in [3.05, 3.63) is 52.2 Å². The Morgan fingerprint density at radius 1 is 1.27 bits per heavy atom. The first kappa shape index (κ1) is 20.6. The largest absolute Gasteiger partial charge is 0.378 e. The van der Waals surface area contributed by atoms with Gasteiger partial charge >= 0.3 is 0 Å². The number of amides is 2. The number of hydrogen-bond acceptors (Lipinski definition) is 6. The Morgan fingerprint density at radius 3 is 2.70 bits per heavy atom. The number of rotatable bonds is 6. The minimum absolute atomic E-state index is 0.0548. The highest BCUT2D eigenvalue weighted by Gasteiger charge is 2.48. The van der Waals surface area contributed by atoms with E-state index in [-0.39, 0.29) is 30.3 Å². The van der Waals surface area contributed by atoms with E-state index in [0.717, 1.165) is 10.6 Å². The molecule has 0 radical (unpaired) electrons. The number of nitrogens with zero attached hydrogens (tertiary/aromatic N) is 2. The van der Waals surface area contributed by atoms with Crippen molar-refractivity contribution >= 4 is 34.6 Å². The monoisotopic (exact) mass is 427 g/mol. The van der Waals surface area contributed by atoms with E-state index in [1.807, 2.05) is 48.6 Å². The maximum absolute atomic E-state index is 13.4. The van der Waals surface area contributed by atoms with Crippen molar-refractivity contribution in [1.29, 1.82) is 0 Å². The molecule has 0 aliphatic carbocycles. The second-order valence-corrected chi connectivity index (χ2v) is 8.86. The molecule has 0 saturated carbocycles. The minimum atomic E-state index is -0.739. The Hall–Kier alpha value is -2.71. The number of anilines is 1. The van der Waals surface area contributed by atoms with Crippen molar-refractivity contribution < 1.29 is 19.1 Å². The number of ketones is 1. The van der Waals surface area contributed by atoms with Gasteiger partial charge in [0.15, 0.2) is 5.78 Å². The van der Waals surface area contributed by atoms with Crippen LogP contribution in [0.15, 0.2) is 41.8 Å². The van der Waals surface area contributed by atoms with Crippen molar-refractivity contribution in [3.63, 3.8) is 0 Å². The molecule has 158 valence electrons. The Bertz CT molecular complexity index is 926. The molecule has 3 heterocycles. The summed E-state index contributed by atoms with van der Waals surface area (Å²) in [7, 11) is 3.87. The quantitative estimate of drug-likeness (QED) is 0.760. The predicted octanol–water partition coefficient (Wildman–Crippen LogP) is 1.72. The maximum Gasteiger partial charge on any atom is 0.251 e. The van der Waals surface area contributed by atoms with Gasteiger partial charge in [-0.05, 0) is 42.1 Å². The molecule has 7 nitrogen and oxygen atoms in total. The first-order chi connectivity index (χ1) is 14.4. The average molecular weight is 428 g/mol. The van der Waals surface area contributed by atoms with Crippen molar-refractivity contribution in [3.8, 4) is 0 Å². The van der Waals surface area contributed by atoms with Gasteiger partial charge in [0.1, 0.15) is 18.7 Å². The highest BCUT2D eigenvalue weighted by atomic mass is 32.1.